The van der Waals surface area contributed by atoms with Gasteiger partial charge in [0.15, 0.2) is 0 Å². The van der Waals surface area contributed by atoms with E-state index < -0.39 is 0 Å². The first-order valence-corrected chi connectivity index (χ1v) is 6.23. The molecule has 3 N–H and O–H groups in total. The van der Waals surface area contributed by atoms with Crippen LogP contribution in [0.15, 0.2) is 10.9 Å². The molecular weight excluding hydrogens is 230 g/mol. The van der Waals surface area contributed by atoms with Crippen molar-refractivity contribution in [2.24, 2.45) is 5.73 Å². The second-order valence-corrected chi connectivity index (χ2v) is 4.63. The molecule has 0 atom stereocenters. The van der Waals surface area contributed by atoms with Crippen molar-refractivity contribution in [2.45, 2.75) is 39.0 Å². The Kier molecular flexibility index (Phi) is 3.21. The van der Waals surface area contributed by atoms with E-state index in [1.165, 1.54) is 10.6 Å². The number of nitrogens with zero attached hydrogens (tertiary/aromatic N) is 3. The van der Waals surface area contributed by atoms with E-state index in [0.29, 0.717) is 18.0 Å². The molecule has 0 fully saturated rings. The molecule has 6 nitrogen and oxygen atoms in total. The number of H-pyrrole nitrogens is 1. The summed E-state index contributed by atoms with van der Waals surface area (Å²) in [6.45, 7) is 6.43. The van der Waals surface area contributed by atoms with Crippen LogP contribution in [0.2, 0.25) is 0 Å². The molecule has 0 spiro atoms. The maximum Gasteiger partial charge on any atom is 0.274 e. The molecule has 0 aliphatic rings. The van der Waals surface area contributed by atoms with E-state index in [-0.39, 0.29) is 11.0 Å². The summed E-state index contributed by atoms with van der Waals surface area (Å²) < 4.78 is 1.37. The molecule has 0 aromatic carbocycles. The number of hydrogen-bond donors (Lipinski definition) is 2. The molecule has 98 valence electrons. The summed E-state index contributed by atoms with van der Waals surface area (Å²) >= 11 is 0. The second-order valence-electron chi connectivity index (χ2n) is 4.63. The van der Waals surface area contributed by atoms with Crippen LogP contribution in [0.25, 0.3) is 5.78 Å². The fourth-order valence-electron chi connectivity index (χ4n) is 2.20. The summed E-state index contributed by atoms with van der Waals surface area (Å²) in [6.07, 6.45) is 1.74. The van der Waals surface area contributed by atoms with Gasteiger partial charge in [0, 0.05) is 23.7 Å². The molecule has 18 heavy (non-hydrogen) atoms. The Labute approximate surface area is 105 Å². The maximum atomic E-state index is 11.8. The fraction of sp³-hybridized carbons (Fsp3) is 0.583. The second kappa shape index (κ2) is 4.53. The average molecular weight is 249 g/mol. The number of aromatic nitrogens is 4. The average Bonchev–Trinajstić information content (AvgIpc) is 2.77. The topological polar surface area (TPSA) is 89.1 Å². The zero-order chi connectivity index (χ0) is 13.3. The van der Waals surface area contributed by atoms with Crippen LogP contribution >= 0.6 is 0 Å². The number of nitrogens with two attached hydrogens (primary N) is 1. The zero-order valence-corrected chi connectivity index (χ0v) is 11.0. The predicted octanol–water partition coefficient (Wildman–Crippen LogP) is 0.743. The first kappa shape index (κ1) is 12.8. The highest BCUT2D eigenvalue weighted by Gasteiger charge is 2.30. The van der Waals surface area contributed by atoms with Crippen molar-refractivity contribution in [1.29, 1.82) is 0 Å². The Morgan fingerprint density at radius 3 is 2.61 bits per heavy atom. The molecule has 2 heterocycles. The van der Waals surface area contributed by atoms with Crippen LogP contribution in [-0.2, 0) is 5.41 Å². The largest absolute Gasteiger partial charge is 0.329 e. The first-order chi connectivity index (χ1) is 8.56. The molecule has 6 heteroatoms. The first-order valence-electron chi connectivity index (χ1n) is 6.23. The van der Waals surface area contributed by atoms with Crippen LogP contribution in [0.3, 0.4) is 0 Å². The van der Waals surface area contributed by atoms with E-state index in [0.717, 1.165) is 18.7 Å². The zero-order valence-electron chi connectivity index (χ0n) is 11.0. The molecule has 2 rings (SSSR count). The van der Waals surface area contributed by atoms with Crippen molar-refractivity contribution in [2.75, 3.05) is 6.54 Å². The van der Waals surface area contributed by atoms with Crippen LogP contribution in [0.4, 0.5) is 0 Å². The summed E-state index contributed by atoms with van der Waals surface area (Å²) in [4.78, 5) is 20.5. The number of aryl methyl sites for hydroxylation is 1. The standard InChI is InChI=1S/C12H19N5O/c1-4-12(5-2,7-13)10-15-11-14-8(3)6-9(18)17(11)16-10/h6H,4-5,7,13H2,1-3H3,(H,14,15,16). The molecule has 0 saturated carbocycles. The van der Waals surface area contributed by atoms with E-state index in [1.54, 1.807) is 6.92 Å². The number of nitrogens with one attached hydrogen (secondary N) is 1. The van der Waals surface area contributed by atoms with Gasteiger partial charge in [-0.05, 0) is 19.8 Å². The molecule has 0 saturated heterocycles. The Bertz CT molecular complexity index is 600. The number of aromatic amines is 1. The highest BCUT2D eigenvalue weighted by molar-refractivity contribution is 5.29. The molecule has 0 unspecified atom stereocenters. The van der Waals surface area contributed by atoms with Crippen molar-refractivity contribution in [3.63, 3.8) is 0 Å². The van der Waals surface area contributed by atoms with Gasteiger partial charge in [-0.3, -0.25) is 9.89 Å². The van der Waals surface area contributed by atoms with Gasteiger partial charge in [-0.25, -0.2) is 4.98 Å². The van der Waals surface area contributed by atoms with Gasteiger partial charge in [-0.1, -0.05) is 13.8 Å². The lowest BCUT2D eigenvalue weighted by atomic mass is 9.82. The van der Waals surface area contributed by atoms with Crippen molar-refractivity contribution < 1.29 is 0 Å². The van der Waals surface area contributed by atoms with E-state index in [9.17, 15) is 4.79 Å². The Morgan fingerprint density at radius 2 is 2.06 bits per heavy atom. The summed E-state index contributed by atoms with van der Waals surface area (Å²) in [6, 6.07) is 1.48. The maximum absolute atomic E-state index is 11.8. The smallest absolute Gasteiger partial charge is 0.274 e. The summed E-state index contributed by atoms with van der Waals surface area (Å²) in [5, 5.41) is 3.04. The molecule has 0 aliphatic heterocycles. The third-order valence-corrected chi connectivity index (χ3v) is 3.71. The van der Waals surface area contributed by atoms with Crippen molar-refractivity contribution in [3.05, 3.63) is 27.9 Å². The van der Waals surface area contributed by atoms with Crippen LogP contribution in [-0.4, -0.2) is 26.1 Å². The molecule has 0 aliphatic carbocycles. The van der Waals surface area contributed by atoms with Crippen LogP contribution in [0.1, 0.15) is 38.2 Å². The van der Waals surface area contributed by atoms with Crippen LogP contribution in [0, 0.1) is 6.92 Å². The van der Waals surface area contributed by atoms with Gasteiger partial charge in [-0.2, -0.15) is 9.50 Å². The van der Waals surface area contributed by atoms with E-state index in [2.05, 4.69) is 28.9 Å². The SMILES string of the molecule is CCC(CC)(CN)c1nc2nc(C)cc(=O)n2[nH]1. The van der Waals surface area contributed by atoms with Crippen molar-refractivity contribution >= 4 is 5.78 Å². The van der Waals surface area contributed by atoms with Crippen molar-refractivity contribution in [1.82, 2.24) is 19.6 Å². The van der Waals surface area contributed by atoms with Crippen LogP contribution in [0.5, 0.6) is 0 Å². The van der Waals surface area contributed by atoms with Gasteiger partial charge >= 0.3 is 0 Å². The van der Waals surface area contributed by atoms with Gasteiger partial charge in [-0.15, -0.1) is 0 Å². The summed E-state index contributed by atoms with van der Waals surface area (Å²) in [5.74, 6) is 1.15. The molecule has 0 amide bonds. The molecule has 2 aromatic rings. The molecule has 0 bridgehead atoms. The minimum absolute atomic E-state index is 0.144. The third-order valence-electron chi connectivity index (χ3n) is 3.71. The summed E-state index contributed by atoms with van der Waals surface area (Å²) in [7, 11) is 0. The number of hydrogen-bond acceptors (Lipinski definition) is 4. The monoisotopic (exact) mass is 249 g/mol. The lowest BCUT2D eigenvalue weighted by Gasteiger charge is -2.26. The number of fused-ring (bicyclic) bond motifs is 1. The molecule has 0 radical (unpaired) electrons. The van der Waals surface area contributed by atoms with E-state index in [4.69, 9.17) is 5.73 Å². The van der Waals surface area contributed by atoms with Crippen molar-refractivity contribution in [3.8, 4) is 0 Å². The van der Waals surface area contributed by atoms with Gasteiger partial charge in [0.1, 0.15) is 5.82 Å². The van der Waals surface area contributed by atoms with Gasteiger partial charge in [0.05, 0.1) is 0 Å². The van der Waals surface area contributed by atoms with Gasteiger partial charge in [0.2, 0.25) is 0 Å². The third kappa shape index (κ3) is 1.82. The normalized spacial score (nSPS) is 12.2. The quantitative estimate of drug-likeness (QED) is 0.836. The Hall–Kier alpha value is -1.69. The van der Waals surface area contributed by atoms with Gasteiger partial charge in [0.25, 0.3) is 11.3 Å². The van der Waals surface area contributed by atoms with Crippen LogP contribution < -0.4 is 11.3 Å². The predicted molar refractivity (Wildman–Crippen MR) is 69.7 cm³/mol. The number of rotatable bonds is 4. The lowest BCUT2D eigenvalue weighted by molar-refractivity contribution is 0.383. The lowest BCUT2D eigenvalue weighted by Crippen LogP contribution is -2.35. The van der Waals surface area contributed by atoms with E-state index >= 15 is 0 Å². The Morgan fingerprint density at radius 1 is 1.39 bits per heavy atom. The molecule has 2 aromatic heterocycles. The minimum atomic E-state index is -0.214. The van der Waals surface area contributed by atoms with Gasteiger partial charge < -0.3 is 5.73 Å². The fourth-order valence-corrected chi connectivity index (χ4v) is 2.20. The Balaban J connectivity index is 2.66. The highest BCUT2D eigenvalue weighted by Crippen LogP contribution is 2.27. The van der Waals surface area contributed by atoms with E-state index in [1.807, 2.05) is 0 Å². The minimum Gasteiger partial charge on any atom is -0.329 e. The molecular formula is C12H19N5O. The summed E-state index contributed by atoms with van der Waals surface area (Å²) in [5.41, 5.74) is 6.20. The highest BCUT2D eigenvalue weighted by atomic mass is 16.1.